The van der Waals surface area contributed by atoms with Crippen LogP contribution < -0.4 is 0 Å². The predicted octanol–water partition coefficient (Wildman–Crippen LogP) is 2.93. The molecule has 0 aliphatic heterocycles. The highest BCUT2D eigenvalue weighted by Crippen LogP contribution is 2.26. The monoisotopic (exact) mass is 345 g/mol. The summed E-state index contributed by atoms with van der Waals surface area (Å²) in [6.45, 7) is 0.433. The Morgan fingerprint density at radius 3 is 3.06 bits per heavy atom. The molecule has 0 atom stereocenters. The van der Waals surface area contributed by atoms with Crippen molar-refractivity contribution in [1.82, 2.24) is 9.97 Å². The quantitative estimate of drug-likeness (QED) is 0.401. The van der Waals surface area contributed by atoms with E-state index >= 15 is 0 Å². The summed E-state index contributed by atoms with van der Waals surface area (Å²) < 4.78 is 5.83. The summed E-state index contributed by atoms with van der Waals surface area (Å²) >= 11 is 3.77. The molecule has 2 aromatic rings. The molecule has 82 valence electrons. The molecule has 2 heterocycles. The summed E-state index contributed by atoms with van der Waals surface area (Å²) in [7, 11) is 0. The molecule has 16 heavy (non-hydrogen) atoms. The Bertz CT molecular complexity index is 500. The molecule has 0 radical (unpaired) electrons. The number of hydrogen-bond donors (Lipinski definition) is 1. The second kappa shape index (κ2) is 5.35. The summed E-state index contributed by atoms with van der Waals surface area (Å²) in [5, 5.41) is 8.79. The van der Waals surface area contributed by atoms with Gasteiger partial charge < -0.3 is 4.74 Å². The predicted molar refractivity (Wildman–Crippen MR) is 71.6 cm³/mol. The molecule has 0 bridgehead atoms. The number of thiophene rings is 1. The molecule has 2 aromatic heterocycles. The Hall–Kier alpha value is -1.02. The van der Waals surface area contributed by atoms with Gasteiger partial charge in [0.25, 0.3) is 0 Å². The molecule has 0 amide bonds. The molecular weight excluding hydrogens is 337 g/mol. The molecule has 0 saturated heterocycles. The minimum absolute atomic E-state index is 0.433. The lowest BCUT2D eigenvalue weighted by Crippen LogP contribution is -1.87. The number of nitrogens with one attached hydrogen (secondary N) is 1. The maximum Gasteiger partial charge on any atom is 0.167 e. The van der Waals surface area contributed by atoms with E-state index in [1.54, 1.807) is 17.7 Å². The van der Waals surface area contributed by atoms with E-state index in [0.29, 0.717) is 6.61 Å². The summed E-state index contributed by atoms with van der Waals surface area (Å²) in [6, 6.07) is 3.96. The van der Waals surface area contributed by atoms with Crippen molar-refractivity contribution >= 4 is 40.3 Å². The summed E-state index contributed by atoms with van der Waals surface area (Å²) in [5.41, 5.74) is 1.97. The zero-order chi connectivity index (χ0) is 11.4. The van der Waals surface area contributed by atoms with Gasteiger partial charge in [-0.25, -0.2) is 9.97 Å². The van der Waals surface area contributed by atoms with Crippen molar-refractivity contribution in [3.63, 3.8) is 0 Å². The van der Waals surface area contributed by atoms with Crippen molar-refractivity contribution in [3.05, 3.63) is 33.1 Å². The third-order valence-electron chi connectivity index (χ3n) is 1.87. The van der Waals surface area contributed by atoms with Gasteiger partial charge >= 0.3 is 0 Å². The molecular formula is C10H8IN3OS. The van der Waals surface area contributed by atoms with Crippen LogP contribution in [0.1, 0.15) is 5.56 Å². The fourth-order valence-electron chi connectivity index (χ4n) is 1.19. The van der Waals surface area contributed by atoms with E-state index in [2.05, 4.69) is 32.6 Å². The molecule has 0 aromatic carbocycles. The minimum atomic E-state index is 0.433. The Labute approximate surface area is 110 Å². The van der Waals surface area contributed by atoms with E-state index in [-0.39, 0.29) is 0 Å². The number of aromatic nitrogens is 2. The minimum Gasteiger partial charge on any atom is -0.479 e. The van der Waals surface area contributed by atoms with Crippen molar-refractivity contribution in [1.29, 1.82) is 5.41 Å². The van der Waals surface area contributed by atoms with Crippen LogP contribution in [0.2, 0.25) is 0 Å². The van der Waals surface area contributed by atoms with Crippen molar-refractivity contribution < 1.29 is 4.74 Å². The molecule has 0 saturated carbocycles. The van der Waals surface area contributed by atoms with Gasteiger partial charge in [0, 0.05) is 5.56 Å². The normalized spacial score (nSPS) is 10.1. The molecule has 2 rings (SSSR count). The van der Waals surface area contributed by atoms with Gasteiger partial charge in [-0.1, -0.05) is 0 Å². The molecule has 0 aliphatic rings. The van der Waals surface area contributed by atoms with Crippen molar-refractivity contribution in [2.45, 2.75) is 6.61 Å². The van der Waals surface area contributed by atoms with Gasteiger partial charge in [-0.15, -0.1) is 11.3 Å². The maximum atomic E-state index is 6.79. The SMILES string of the molecule is N=COCc1csc(-c2cc(I)ncn2)c1. The first-order chi connectivity index (χ1) is 7.79. The highest BCUT2D eigenvalue weighted by atomic mass is 127. The molecule has 0 spiro atoms. The highest BCUT2D eigenvalue weighted by molar-refractivity contribution is 14.1. The molecule has 0 aliphatic carbocycles. The Morgan fingerprint density at radius 1 is 1.44 bits per heavy atom. The lowest BCUT2D eigenvalue weighted by Gasteiger charge is -1.96. The average molecular weight is 345 g/mol. The van der Waals surface area contributed by atoms with Crippen LogP contribution >= 0.6 is 33.9 Å². The van der Waals surface area contributed by atoms with E-state index in [1.807, 2.05) is 17.5 Å². The van der Waals surface area contributed by atoms with E-state index in [4.69, 9.17) is 10.1 Å². The maximum absolute atomic E-state index is 6.79. The topological polar surface area (TPSA) is 58.9 Å². The van der Waals surface area contributed by atoms with Gasteiger partial charge in [0.15, 0.2) is 6.40 Å². The average Bonchev–Trinajstić information content (AvgIpc) is 2.75. The van der Waals surface area contributed by atoms with Crippen molar-refractivity contribution in [3.8, 4) is 10.6 Å². The fourth-order valence-corrected chi connectivity index (χ4v) is 2.48. The first-order valence-corrected chi connectivity index (χ1v) is 6.41. The zero-order valence-corrected chi connectivity index (χ0v) is 11.2. The van der Waals surface area contributed by atoms with Crippen molar-refractivity contribution in [2.24, 2.45) is 0 Å². The largest absolute Gasteiger partial charge is 0.479 e. The van der Waals surface area contributed by atoms with Gasteiger partial charge in [-0.2, -0.15) is 0 Å². The Balaban J connectivity index is 2.21. The van der Waals surface area contributed by atoms with Gasteiger partial charge in [-0.05, 0) is 40.1 Å². The van der Waals surface area contributed by atoms with E-state index < -0.39 is 0 Å². The number of nitrogens with zero attached hydrogens (tertiary/aromatic N) is 2. The van der Waals surface area contributed by atoms with Crippen LogP contribution in [0.5, 0.6) is 0 Å². The summed E-state index contributed by atoms with van der Waals surface area (Å²) in [4.78, 5) is 9.35. The second-order valence-corrected chi connectivity index (χ2v) is 4.99. The standard InChI is InChI=1S/C10H8IN3OS/c11-10-2-8(13-6-14-10)9-1-7(4-16-9)3-15-5-12/h1-2,4-6,12H,3H2. The third kappa shape index (κ3) is 2.76. The van der Waals surface area contributed by atoms with Crippen molar-refractivity contribution in [2.75, 3.05) is 0 Å². The van der Waals surface area contributed by atoms with Crippen LogP contribution in [-0.2, 0) is 11.3 Å². The number of hydrogen-bond acceptors (Lipinski definition) is 5. The number of ether oxygens (including phenoxy) is 1. The van der Waals surface area contributed by atoms with Crippen LogP contribution in [0, 0.1) is 9.11 Å². The summed E-state index contributed by atoms with van der Waals surface area (Å²) in [6.07, 6.45) is 2.51. The Morgan fingerprint density at radius 2 is 2.31 bits per heavy atom. The second-order valence-electron chi connectivity index (χ2n) is 2.97. The lowest BCUT2D eigenvalue weighted by molar-refractivity contribution is 0.306. The van der Waals surface area contributed by atoms with Gasteiger partial charge in [-0.3, -0.25) is 5.41 Å². The third-order valence-corrected chi connectivity index (χ3v) is 3.46. The molecule has 0 fully saturated rings. The van der Waals surface area contributed by atoms with Crippen LogP contribution in [0.25, 0.3) is 10.6 Å². The molecule has 6 heteroatoms. The van der Waals surface area contributed by atoms with Gasteiger partial charge in [0.05, 0.1) is 10.6 Å². The first-order valence-electron chi connectivity index (χ1n) is 4.45. The van der Waals surface area contributed by atoms with Gasteiger partial charge in [0.1, 0.15) is 16.6 Å². The zero-order valence-electron chi connectivity index (χ0n) is 8.18. The molecule has 1 N–H and O–H groups in total. The summed E-state index contributed by atoms with van der Waals surface area (Å²) in [5.74, 6) is 0. The first kappa shape index (κ1) is 11.5. The fraction of sp³-hybridized carbons (Fsp3) is 0.100. The van der Waals surface area contributed by atoms with Crippen LogP contribution in [0.4, 0.5) is 0 Å². The van der Waals surface area contributed by atoms with Crippen LogP contribution in [0.15, 0.2) is 23.8 Å². The number of rotatable bonds is 4. The van der Waals surface area contributed by atoms with Crippen LogP contribution in [0.3, 0.4) is 0 Å². The van der Waals surface area contributed by atoms with Crippen LogP contribution in [-0.4, -0.2) is 16.4 Å². The highest BCUT2D eigenvalue weighted by Gasteiger charge is 2.04. The van der Waals surface area contributed by atoms with E-state index in [9.17, 15) is 0 Å². The lowest BCUT2D eigenvalue weighted by atomic mass is 10.3. The van der Waals surface area contributed by atoms with E-state index in [0.717, 1.165) is 26.2 Å². The smallest absolute Gasteiger partial charge is 0.167 e. The molecule has 4 nitrogen and oxygen atoms in total. The van der Waals surface area contributed by atoms with Gasteiger partial charge in [0.2, 0.25) is 0 Å². The number of halogens is 1. The molecule has 0 unspecified atom stereocenters. The Kier molecular flexibility index (Phi) is 3.83. The van der Waals surface area contributed by atoms with E-state index in [1.165, 1.54) is 0 Å².